The molecule has 0 N–H and O–H groups in total. The summed E-state index contributed by atoms with van der Waals surface area (Å²) in [6.07, 6.45) is -4.65. The molecule has 0 heterocycles. The van der Waals surface area contributed by atoms with Gasteiger partial charge in [0.2, 0.25) is 0 Å². The highest BCUT2D eigenvalue weighted by molar-refractivity contribution is 9.10. The van der Waals surface area contributed by atoms with E-state index >= 15 is 0 Å². The zero-order valence-corrected chi connectivity index (χ0v) is 9.41. The molecule has 0 aliphatic carbocycles. The monoisotopic (exact) mass is 277 g/mol. The lowest BCUT2D eigenvalue weighted by Gasteiger charge is -2.12. The summed E-state index contributed by atoms with van der Waals surface area (Å²) in [5.74, 6) is 0. The fourth-order valence-electron chi connectivity index (χ4n) is 1.24. The number of alkyl halides is 3. The van der Waals surface area contributed by atoms with E-state index in [2.05, 4.69) is 15.9 Å². The lowest BCUT2D eigenvalue weighted by atomic mass is 10.0. The Hall–Kier alpha value is -1.02. The predicted octanol–water partition coefficient (Wildman–Crippen LogP) is 3.84. The summed E-state index contributed by atoms with van der Waals surface area (Å²) in [6, 6.07) is 4.13. The van der Waals surface area contributed by atoms with Crippen LogP contribution in [0.4, 0.5) is 13.2 Å². The van der Waals surface area contributed by atoms with Gasteiger partial charge in [0.05, 0.1) is 18.1 Å². The second-order valence-corrected chi connectivity index (χ2v) is 3.95. The molecule has 0 amide bonds. The van der Waals surface area contributed by atoms with E-state index in [-0.39, 0.29) is 12.0 Å². The Labute approximate surface area is 93.6 Å². The molecule has 0 aliphatic rings. The summed E-state index contributed by atoms with van der Waals surface area (Å²) in [5.41, 5.74) is -0.0412. The molecule has 0 aliphatic heterocycles. The third kappa shape index (κ3) is 2.72. The zero-order valence-electron chi connectivity index (χ0n) is 7.82. The maximum atomic E-state index is 12.6. The largest absolute Gasteiger partial charge is 0.416 e. The maximum absolute atomic E-state index is 12.6. The van der Waals surface area contributed by atoms with Crippen LogP contribution in [0.2, 0.25) is 0 Å². The van der Waals surface area contributed by atoms with Crippen LogP contribution in [0.1, 0.15) is 16.7 Å². The second kappa shape index (κ2) is 4.23. The Morgan fingerprint density at radius 3 is 2.47 bits per heavy atom. The van der Waals surface area contributed by atoms with Crippen molar-refractivity contribution in [1.29, 1.82) is 5.26 Å². The first kappa shape index (κ1) is 12.1. The van der Waals surface area contributed by atoms with Gasteiger partial charge in [0, 0.05) is 4.47 Å². The minimum absolute atomic E-state index is 0.0192. The van der Waals surface area contributed by atoms with Crippen LogP contribution in [0.15, 0.2) is 16.6 Å². The molecule has 80 valence electrons. The average molecular weight is 278 g/mol. The summed E-state index contributed by atoms with van der Waals surface area (Å²) in [7, 11) is 0. The van der Waals surface area contributed by atoms with E-state index in [1.54, 1.807) is 13.0 Å². The molecule has 0 saturated carbocycles. The molecule has 0 bridgehead atoms. The highest BCUT2D eigenvalue weighted by atomic mass is 79.9. The number of nitrogens with zero attached hydrogens (tertiary/aromatic N) is 1. The number of hydrogen-bond donors (Lipinski definition) is 0. The molecule has 0 fully saturated rings. The minimum atomic E-state index is -4.41. The molecule has 0 spiro atoms. The molecular formula is C10H7BrF3N. The Morgan fingerprint density at radius 1 is 1.40 bits per heavy atom. The molecule has 0 aromatic heterocycles. The van der Waals surface area contributed by atoms with E-state index in [0.29, 0.717) is 10.0 Å². The highest BCUT2D eigenvalue weighted by Crippen LogP contribution is 2.35. The molecule has 1 aromatic carbocycles. The summed E-state index contributed by atoms with van der Waals surface area (Å²) in [6.45, 7) is 1.69. The van der Waals surface area contributed by atoms with Crippen molar-refractivity contribution in [2.45, 2.75) is 19.5 Å². The van der Waals surface area contributed by atoms with Crippen molar-refractivity contribution < 1.29 is 13.2 Å². The average Bonchev–Trinajstić information content (AvgIpc) is 2.09. The van der Waals surface area contributed by atoms with Crippen LogP contribution in [-0.2, 0) is 12.6 Å². The molecular weight excluding hydrogens is 271 g/mol. The van der Waals surface area contributed by atoms with E-state index < -0.39 is 11.7 Å². The van der Waals surface area contributed by atoms with Gasteiger partial charge in [-0.2, -0.15) is 18.4 Å². The van der Waals surface area contributed by atoms with Crippen LogP contribution in [0, 0.1) is 18.3 Å². The van der Waals surface area contributed by atoms with Crippen LogP contribution < -0.4 is 0 Å². The molecule has 0 saturated heterocycles. The van der Waals surface area contributed by atoms with E-state index in [9.17, 15) is 13.2 Å². The summed E-state index contributed by atoms with van der Waals surface area (Å²) >= 11 is 3.04. The zero-order chi connectivity index (χ0) is 11.6. The fraction of sp³-hybridized carbons (Fsp3) is 0.300. The molecule has 1 rings (SSSR count). The van der Waals surface area contributed by atoms with Gasteiger partial charge in [0.15, 0.2) is 0 Å². The van der Waals surface area contributed by atoms with Crippen molar-refractivity contribution >= 4 is 15.9 Å². The SMILES string of the molecule is Cc1cc(CC#N)c(C(F)(F)F)cc1Br. The van der Waals surface area contributed by atoms with Crippen LogP contribution in [0.5, 0.6) is 0 Å². The number of nitriles is 1. The van der Waals surface area contributed by atoms with E-state index in [4.69, 9.17) is 5.26 Å². The summed E-state index contributed by atoms with van der Waals surface area (Å²) in [5, 5.41) is 8.44. The Bertz CT molecular complexity index is 418. The van der Waals surface area contributed by atoms with Gasteiger partial charge in [-0.15, -0.1) is 0 Å². The number of hydrogen-bond acceptors (Lipinski definition) is 1. The fourth-order valence-corrected chi connectivity index (χ4v) is 1.58. The first-order valence-corrected chi connectivity index (χ1v) is 4.88. The number of benzene rings is 1. The maximum Gasteiger partial charge on any atom is 0.416 e. The number of rotatable bonds is 1. The predicted molar refractivity (Wildman–Crippen MR) is 53.2 cm³/mol. The standard InChI is InChI=1S/C10H7BrF3N/c1-6-4-7(2-3-15)8(5-9(6)11)10(12,13)14/h4-5H,2H2,1H3. The van der Waals surface area contributed by atoms with Crippen molar-refractivity contribution in [1.82, 2.24) is 0 Å². The smallest absolute Gasteiger partial charge is 0.198 e. The number of aryl methyl sites for hydroxylation is 1. The Morgan fingerprint density at radius 2 is 2.00 bits per heavy atom. The van der Waals surface area contributed by atoms with Crippen molar-refractivity contribution in [2.75, 3.05) is 0 Å². The van der Waals surface area contributed by atoms with E-state index in [0.717, 1.165) is 6.07 Å². The van der Waals surface area contributed by atoms with Crippen LogP contribution in [0.3, 0.4) is 0 Å². The van der Waals surface area contributed by atoms with Gasteiger partial charge in [-0.1, -0.05) is 22.0 Å². The van der Waals surface area contributed by atoms with Gasteiger partial charge in [-0.3, -0.25) is 0 Å². The van der Waals surface area contributed by atoms with Gasteiger partial charge < -0.3 is 0 Å². The van der Waals surface area contributed by atoms with Crippen LogP contribution >= 0.6 is 15.9 Å². The lowest BCUT2D eigenvalue weighted by Crippen LogP contribution is -2.09. The van der Waals surface area contributed by atoms with Crippen molar-refractivity contribution in [3.05, 3.63) is 33.3 Å². The van der Waals surface area contributed by atoms with E-state index in [1.165, 1.54) is 6.07 Å². The first-order valence-electron chi connectivity index (χ1n) is 4.09. The molecule has 0 atom stereocenters. The third-order valence-corrected chi connectivity index (χ3v) is 2.81. The van der Waals surface area contributed by atoms with E-state index in [1.807, 2.05) is 0 Å². The normalized spacial score (nSPS) is 11.2. The quantitative estimate of drug-likeness (QED) is 0.765. The van der Waals surface area contributed by atoms with Crippen molar-refractivity contribution in [3.8, 4) is 6.07 Å². The van der Waals surface area contributed by atoms with Crippen molar-refractivity contribution in [2.24, 2.45) is 0 Å². The molecule has 1 aromatic rings. The minimum Gasteiger partial charge on any atom is -0.198 e. The second-order valence-electron chi connectivity index (χ2n) is 3.09. The van der Waals surface area contributed by atoms with Crippen LogP contribution in [0.25, 0.3) is 0 Å². The van der Waals surface area contributed by atoms with Gasteiger partial charge in [-0.25, -0.2) is 0 Å². The highest BCUT2D eigenvalue weighted by Gasteiger charge is 2.33. The van der Waals surface area contributed by atoms with Crippen molar-refractivity contribution in [3.63, 3.8) is 0 Å². The van der Waals surface area contributed by atoms with Gasteiger partial charge in [-0.05, 0) is 24.1 Å². The first-order chi connectivity index (χ1) is 6.86. The van der Waals surface area contributed by atoms with Gasteiger partial charge in [0.25, 0.3) is 0 Å². The molecule has 0 unspecified atom stereocenters. The molecule has 5 heteroatoms. The molecule has 1 nitrogen and oxygen atoms in total. The topological polar surface area (TPSA) is 23.8 Å². The van der Waals surface area contributed by atoms with Gasteiger partial charge in [0.1, 0.15) is 0 Å². The molecule has 15 heavy (non-hydrogen) atoms. The molecule has 0 radical (unpaired) electrons. The van der Waals surface area contributed by atoms with Gasteiger partial charge >= 0.3 is 6.18 Å². The summed E-state index contributed by atoms with van der Waals surface area (Å²) < 4.78 is 38.1. The van der Waals surface area contributed by atoms with Crippen LogP contribution in [-0.4, -0.2) is 0 Å². The summed E-state index contributed by atoms with van der Waals surface area (Å²) in [4.78, 5) is 0. The Kier molecular flexibility index (Phi) is 3.40. The lowest BCUT2D eigenvalue weighted by molar-refractivity contribution is -0.138. The Balaban J connectivity index is 3.36. The number of halogens is 4. The third-order valence-electron chi connectivity index (χ3n) is 1.96.